The fourth-order valence-electron chi connectivity index (χ4n) is 5.00. The van der Waals surface area contributed by atoms with Crippen LogP contribution in [0.1, 0.15) is 58.4 Å². The van der Waals surface area contributed by atoms with E-state index in [1.807, 2.05) is 55.5 Å². The van der Waals surface area contributed by atoms with Crippen LogP contribution in [-0.2, 0) is 14.3 Å². The van der Waals surface area contributed by atoms with Gasteiger partial charge in [0.05, 0.1) is 31.0 Å². The molecule has 0 aliphatic rings. The third-order valence-corrected chi connectivity index (χ3v) is 7.64. The molecule has 0 aliphatic carbocycles. The molecule has 0 saturated carbocycles. The molecule has 0 amide bonds. The van der Waals surface area contributed by atoms with Gasteiger partial charge in [-0.2, -0.15) is 0 Å². The number of hydrogen-bond donors (Lipinski definition) is 0. The van der Waals surface area contributed by atoms with Gasteiger partial charge in [0.1, 0.15) is 11.5 Å². The summed E-state index contributed by atoms with van der Waals surface area (Å²) in [5.74, 6) is 0.289. The molecule has 0 aromatic heterocycles. The zero-order valence-corrected chi connectivity index (χ0v) is 27.7. The maximum Gasteiger partial charge on any atom is 0.343 e. The summed E-state index contributed by atoms with van der Waals surface area (Å²) in [6.45, 7) is 10.3. The molecule has 0 N–H and O–H groups in total. The second-order valence-corrected chi connectivity index (χ2v) is 11.4. The Morgan fingerprint density at radius 3 is 2.19 bits per heavy atom. The predicted octanol–water partition coefficient (Wildman–Crippen LogP) is 9.03. The summed E-state index contributed by atoms with van der Waals surface area (Å²) in [5, 5.41) is 2.00. The second-order valence-electron chi connectivity index (χ2n) is 11.4. The minimum absolute atomic E-state index is 0.0342. The van der Waals surface area contributed by atoms with Crippen molar-refractivity contribution in [2.45, 2.75) is 39.0 Å². The van der Waals surface area contributed by atoms with Crippen molar-refractivity contribution in [1.29, 1.82) is 0 Å². The van der Waals surface area contributed by atoms with Gasteiger partial charge < -0.3 is 18.9 Å². The number of aryl methyl sites for hydroxylation is 1. The number of ketones is 1. The van der Waals surface area contributed by atoms with Crippen molar-refractivity contribution in [1.82, 2.24) is 0 Å². The summed E-state index contributed by atoms with van der Waals surface area (Å²) < 4.78 is 21.6. The number of allylic oxidation sites excluding steroid dienone is 3. The molecule has 0 unspecified atom stereocenters. The van der Waals surface area contributed by atoms with Crippen LogP contribution in [0.5, 0.6) is 11.5 Å². The zero-order chi connectivity index (χ0) is 34.3. The average molecular weight is 647 g/mol. The quantitative estimate of drug-likeness (QED) is 0.0266. The molecule has 0 spiro atoms. The van der Waals surface area contributed by atoms with Gasteiger partial charge in [-0.25, -0.2) is 9.59 Å². The Labute approximate surface area is 282 Å². The topological polar surface area (TPSA) is 88.1 Å². The van der Waals surface area contributed by atoms with Crippen molar-refractivity contribution in [3.05, 3.63) is 133 Å². The van der Waals surface area contributed by atoms with Crippen LogP contribution < -0.4 is 9.47 Å². The molecule has 7 heteroatoms. The molecule has 0 fully saturated rings. The summed E-state index contributed by atoms with van der Waals surface area (Å²) in [6, 6.07) is 24.4. The summed E-state index contributed by atoms with van der Waals surface area (Å²) >= 11 is 0. The number of carbonyl (C=O) groups excluding carboxylic acids is 3. The standard InChI is InChI=1S/C41H42O7/c1-5-6-9-12-38(42)36-20-19-34-26-33(17-18-35(34)27-36)31-13-15-32(16-14-31)41(44)48-37-21-22-39(29(2)25-37)46-23-10-7-8-11-24-47-40(43)30(3)28-45-4/h5,9,12-22,25-27H,1,3,6-8,10-11,23-24,28H2,2,4H3/b12-9+. The summed E-state index contributed by atoms with van der Waals surface area (Å²) in [6.07, 6.45) is 9.30. The Bertz CT molecular complexity index is 1780. The maximum atomic E-state index is 12.9. The summed E-state index contributed by atoms with van der Waals surface area (Å²) in [5.41, 5.74) is 4.24. The molecule has 4 aromatic rings. The normalized spacial score (nSPS) is 11.0. The minimum Gasteiger partial charge on any atom is -0.493 e. The number of fused-ring (bicyclic) bond motifs is 1. The van der Waals surface area contributed by atoms with Crippen molar-refractivity contribution in [2.24, 2.45) is 0 Å². The van der Waals surface area contributed by atoms with Crippen LogP contribution >= 0.6 is 0 Å². The highest BCUT2D eigenvalue weighted by Gasteiger charge is 2.12. The number of unbranched alkanes of at least 4 members (excludes halogenated alkanes) is 3. The zero-order valence-electron chi connectivity index (χ0n) is 27.7. The Morgan fingerprint density at radius 2 is 1.46 bits per heavy atom. The molecule has 248 valence electrons. The van der Waals surface area contributed by atoms with Gasteiger partial charge in [0.15, 0.2) is 5.78 Å². The Morgan fingerprint density at radius 1 is 0.771 bits per heavy atom. The average Bonchev–Trinajstić information content (AvgIpc) is 3.09. The number of carbonyl (C=O) groups is 3. The summed E-state index contributed by atoms with van der Waals surface area (Å²) in [7, 11) is 1.51. The molecule has 0 heterocycles. The third kappa shape index (κ3) is 10.4. The number of hydrogen-bond acceptors (Lipinski definition) is 7. The van der Waals surface area contributed by atoms with Gasteiger partial charge in [-0.3, -0.25) is 4.79 Å². The van der Waals surface area contributed by atoms with Crippen molar-refractivity contribution in [3.8, 4) is 22.6 Å². The molecule has 4 rings (SSSR count). The number of benzene rings is 4. The first-order chi connectivity index (χ1) is 23.3. The molecule has 0 aliphatic heterocycles. The molecule has 0 saturated heterocycles. The largest absolute Gasteiger partial charge is 0.493 e. The number of esters is 2. The lowest BCUT2D eigenvalue weighted by molar-refractivity contribution is -0.139. The van der Waals surface area contributed by atoms with Gasteiger partial charge in [0.25, 0.3) is 0 Å². The van der Waals surface area contributed by atoms with Gasteiger partial charge in [0, 0.05) is 12.7 Å². The van der Waals surface area contributed by atoms with Crippen LogP contribution in [0, 0.1) is 6.92 Å². The highest BCUT2D eigenvalue weighted by molar-refractivity contribution is 6.07. The van der Waals surface area contributed by atoms with Crippen molar-refractivity contribution >= 4 is 28.5 Å². The highest BCUT2D eigenvalue weighted by atomic mass is 16.5. The van der Waals surface area contributed by atoms with Crippen LogP contribution in [0.3, 0.4) is 0 Å². The van der Waals surface area contributed by atoms with E-state index in [0.717, 1.165) is 58.9 Å². The van der Waals surface area contributed by atoms with E-state index in [-0.39, 0.29) is 12.4 Å². The molecule has 0 radical (unpaired) electrons. The van der Waals surface area contributed by atoms with Gasteiger partial charge >= 0.3 is 11.9 Å². The van der Waals surface area contributed by atoms with E-state index in [0.29, 0.717) is 42.1 Å². The lowest BCUT2D eigenvalue weighted by atomic mass is 9.98. The molecular weight excluding hydrogens is 604 g/mol. The van der Waals surface area contributed by atoms with E-state index < -0.39 is 11.9 Å². The number of ether oxygens (including phenoxy) is 4. The van der Waals surface area contributed by atoms with Gasteiger partial charge in [0.2, 0.25) is 0 Å². The molecule has 48 heavy (non-hydrogen) atoms. The maximum absolute atomic E-state index is 12.9. The van der Waals surface area contributed by atoms with E-state index in [2.05, 4.69) is 19.2 Å². The molecule has 0 bridgehead atoms. The van der Waals surface area contributed by atoms with Gasteiger partial charge in [-0.05, 0) is 115 Å². The van der Waals surface area contributed by atoms with E-state index >= 15 is 0 Å². The fourth-order valence-corrected chi connectivity index (χ4v) is 5.00. The SMILES string of the molecule is C=CC/C=C/C(=O)c1ccc2cc(-c3ccc(C(=O)Oc4ccc(OCCCCCCOC(=O)C(=C)COC)c(C)c4)cc3)ccc2c1. The van der Waals surface area contributed by atoms with Crippen LogP contribution in [0.25, 0.3) is 21.9 Å². The van der Waals surface area contributed by atoms with Crippen molar-refractivity contribution in [3.63, 3.8) is 0 Å². The Kier molecular flexibility index (Phi) is 13.5. The lowest BCUT2D eigenvalue weighted by Crippen LogP contribution is -2.11. The fraction of sp³-hybridized carbons (Fsp3) is 0.244. The van der Waals surface area contributed by atoms with E-state index in [4.69, 9.17) is 18.9 Å². The van der Waals surface area contributed by atoms with Crippen molar-refractivity contribution < 1.29 is 33.3 Å². The lowest BCUT2D eigenvalue weighted by Gasteiger charge is -2.11. The van der Waals surface area contributed by atoms with E-state index in [1.54, 1.807) is 42.5 Å². The first-order valence-electron chi connectivity index (χ1n) is 16.0. The Balaban J connectivity index is 1.23. The second kappa shape index (κ2) is 18.2. The smallest absolute Gasteiger partial charge is 0.343 e. The van der Waals surface area contributed by atoms with Crippen LogP contribution in [-0.4, -0.2) is 44.7 Å². The summed E-state index contributed by atoms with van der Waals surface area (Å²) in [4.78, 5) is 37.0. The highest BCUT2D eigenvalue weighted by Crippen LogP contribution is 2.27. The molecule has 4 aromatic carbocycles. The number of rotatable bonds is 18. The Hall–Kier alpha value is -5.27. The molecule has 7 nitrogen and oxygen atoms in total. The van der Waals surface area contributed by atoms with E-state index in [9.17, 15) is 14.4 Å². The van der Waals surface area contributed by atoms with Gasteiger partial charge in [-0.1, -0.05) is 55.1 Å². The van der Waals surface area contributed by atoms with Crippen LogP contribution in [0.15, 0.2) is 116 Å². The first kappa shape index (κ1) is 35.6. The molecule has 0 atom stereocenters. The minimum atomic E-state index is -0.443. The van der Waals surface area contributed by atoms with Crippen molar-refractivity contribution in [2.75, 3.05) is 26.9 Å². The number of methoxy groups -OCH3 is 1. The first-order valence-corrected chi connectivity index (χ1v) is 16.0. The van der Waals surface area contributed by atoms with Crippen LogP contribution in [0.2, 0.25) is 0 Å². The van der Waals surface area contributed by atoms with Gasteiger partial charge in [-0.15, -0.1) is 6.58 Å². The monoisotopic (exact) mass is 646 g/mol. The van der Waals surface area contributed by atoms with Crippen LogP contribution in [0.4, 0.5) is 0 Å². The predicted molar refractivity (Wildman–Crippen MR) is 190 cm³/mol. The third-order valence-electron chi connectivity index (χ3n) is 7.64. The molecular formula is C41H42O7. The van der Waals surface area contributed by atoms with E-state index in [1.165, 1.54) is 7.11 Å².